The number of halogens is 4. The summed E-state index contributed by atoms with van der Waals surface area (Å²) in [5, 5.41) is 4.36. The Balaban J connectivity index is 2.30. The molecule has 5 heteroatoms. The average Bonchev–Trinajstić information content (AvgIpc) is 2.37. The molecule has 1 unspecified atom stereocenters. The van der Waals surface area contributed by atoms with Gasteiger partial charge in [-0.05, 0) is 48.4 Å². The van der Waals surface area contributed by atoms with Crippen molar-refractivity contribution in [1.82, 2.24) is 5.32 Å². The summed E-state index contributed by atoms with van der Waals surface area (Å²) >= 11 is 12.1. The molecule has 0 spiro atoms. The second-order valence-corrected chi connectivity index (χ2v) is 5.60. The highest BCUT2D eigenvalue weighted by molar-refractivity contribution is 6.35. The van der Waals surface area contributed by atoms with Crippen molar-refractivity contribution in [1.29, 1.82) is 0 Å². The molecule has 0 aromatic heterocycles. The van der Waals surface area contributed by atoms with Gasteiger partial charge >= 0.3 is 0 Å². The zero-order valence-electron chi connectivity index (χ0n) is 11.5. The quantitative estimate of drug-likeness (QED) is 0.798. The molecule has 1 N–H and O–H groups in total. The fourth-order valence-corrected chi connectivity index (χ4v) is 2.83. The van der Waals surface area contributed by atoms with Crippen LogP contribution in [0.5, 0.6) is 0 Å². The Labute approximate surface area is 132 Å². The zero-order valence-corrected chi connectivity index (χ0v) is 13.0. The maximum absolute atomic E-state index is 13.3. The van der Waals surface area contributed by atoms with Crippen molar-refractivity contribution in [2.45, 2.75) is 19.4 Å². The SMILES string of the molecule is CCNC(Cc1cc(F)cc(F)c1)c1ccc(Cl)cc1Cl. The number of hydrogen-bond acceptors (Lipinski definition) is 1. The van der Waals surface area contributed by atoms with E-state index < -0.39 is 11.6 Å². The second kappa shape index (κ2) is 7.21. The Kier molecular flexibility index (Phi) is 5.57. The fourth-order valence-electron chi connectivity index (χ4n) is 2.29. The van der Waals surface area contributed by atoms with Crippen LogP contribution >= 0.6 is 23.2 Å². The standard InChI is InChI=1S/C16H15Cl2F2N/c1-2-21-16(14-4-3-11(17)8-15(14)18)7-10-5-12(19)9-13(20)6-10/h3-6,8-9,16,21H,2,7H2,1H3. The summed E-state index contributed by atoms with van der Waals surface area (Å²) in [6.45, 7) is 2.67. The molecule has 0 aliphatic rings. The Morgan fingerprint density at radius 1 is 1.05 bits per heavy atom. The molecule has 0 radical (unpaired) electrons. The summed E-state index contributed by atoms with van der Waals surface area (Å²) in [6.07, 6.45) is 0.434. The van der Waals surface area contributed by atoms with Crippen LogP contribution in [-0.2, 0) is 6.42 Å². The van der Waals surface area contributed by atoms with Gasteiger partial charge in [-0.15, -0.1) is 0 Å². The van der Waals surface area contributed by atoms with E-state index in [-0.39, 0.29) is 6.04 Å². The van der Waals surface area contributed by atoms with Crippen LogP contribution in [0.3, 0.4) is 0 Å². The monoisotopic (exact) mass is 329 g/mol. The molecule has 21 heavy (non-hydrogen) atoms. The molecule has 112 valence electrons. The van der Waals surface area contributed by atoms with Crippen LogP contribution in [-0.4, -0.2) is 6.54 Å². The number of rotatable bonds is 5. The number of hydrogen-bond donors (Lipinski definition) is 1. The van der Waals surface area contributed by atoms with Crippen molar-refractivity contribution in [3.63, 3.8) is 0 Å². The van der Waals surface area contributed by atoms with Crippen molar-refractivity contribution in [2.75, 3.05) is 6.54 Å². The third kappa shape index (κ3) is 4.40. The van der Waals surface area contributed by atoms with Crippen LogP contribution in [0.4, 0.5) is 8.78 Å². The highest BCUT2D eigenvalue weighted by Gasteiger charge is 2.15. The molecule has 0 aliphatic carbocycles. The van der Waals surface area contributed by atoms with Gasteiger partial charge < -0.3 is 5.32 Å². The normalized spacial score (nSPS) is 12.4. The van der Waals surface area contributed by atoms with E-state index in [1.807, 2.05) is 13.0 Å². The van der Waals surface area contributed by atoms with E-state index in [0.29, 0.717) is 28.6 Å². The Bertz CT molecular complexity index is 611. The first-order valence-corrected chi connectivity index (χ1v) is 7.38. The van der Waals surface area contributed by atoms with Gasteiger partial charge in [-0.3, -0.25) is 0 Å². The van der Waals surface area contributed by atoms with Gasteiger partial charge in [0.1, 0.15) is 11.6 Å². The summed E-state index contributed by atoms with van der Waals surface area (Å²) in [5.74, 6) is -1.16. The van der Waals surface area contributed by atoms with Gasteiger partial charge in [-0.2, -0.15) is 0 Å². The van der Waals surface area contributed by atoms with Gasteiger partial charge in [0, 0.05) is 22.2 Å². The van der Waals surface area contributed by atoms with Gasteiger partial charge in [0.05, 0.1) is 0 Å². The zero-order chi connectivity index (χ0) is 15.4. The summed E-state index contributed by atoms with van der Waals surface area (Å²) in [7, 11) is 0. The van der Waals surface area contributed by atoms with E-state index in [0.717, 1.165) is 11.6 Å². The van der Waals surface area contributed by atoms with Gasteiger partial charge in [-0.1, -0.05) is 36.2 Å². The second-order valence-electron chi connectivity index (χ2n) is 4.76. The molecule has 0 saturated carbocycles. The first kappa shape index (κ1) is 16.2. The minimum absolute atomic E-state index is 0.138. The van der Waals surface area contributed by atoms with Crippen LogP contribution in [0.1, 0.15) is 24.1 Å². The molecule has 2 aromatic rings. The molecule has 2 rings (SSSR count). The summed E-state index contributed by atoms with van der Waals surface area (Å²) in [6, 6.07) is 8.62. The van der Waals surface area contributed by atoms with Crippen molar-refractivity contribution in [3.05, 3.63) is 69.2 Å². The molecule has 0 amide bonds. The fraction of sp³-hybridized carbons (Fsp3) is 0.250. The summed E-state index contributed by atoms with van der Waals surface area (Å²) in [5.41, 5.74) is 1.43. The lowest BCUT2D eigenvalue weighted by Crippen LogP contribution is -2.23. The van der Waals surface area contributed by atoms with Gasteiger partial charge in [0.25, 0.3) is 0 Å². The number of likely N-dealkylation sites (N-methyl/N-ethyl adjacent to an activating group) is 1. The third-order valence-corrected chi connectivity index (χ3v) is 3.71. The predicted molar refractivity (Wildman–Crippen MR) is 82.9 cm³/mol. The molecule has 0 bridgehead atoms. The van der Waals surface area contributed by atoms with Gasteiger partial charge in [0.2, 0.25) is 0 Å². The van der Waals surface area contributed by atoms with Crippen LogP contribution < -0.4 is 5.32 Å². The van der Waals surface area contributed by atoms with E-state index in [9.17, 15) is 8.78 Å². The lowest BCUT2D eigenvalue weighted by atomic mass is 9.98. The van der Waals surface area contributed by atoms with Crippen LogP contribution in [0.2, 0.25) is 10.0 Å². The molecule has 1 nitrogen and oxygen atoms in total. The summed E-state index contributed by atoms with van der Waals surface area (Å²) < 4.78 is 26.6. The smallest absolute Gasteiger partial charge is 0.126 e. The van der Waals surface area contributed by atoms with E-state index in [1.54, 1.807) is 12.1 Å². The van der Waals surface area contributed by atoms with Crippen molar-refractivity contribution < 1.29 is 8.78 Å². The Morgan fingerprint density at radius 3 is 2.29 bits per heavy atom. The first-order valence-electron chi connectivity index (χ1n) is 6.63. The van der Waals surface area contributed by atoms with E-state index in [1.165, 1.54) is 12.1 Å². The Morgan fingerprint density at radius 2 is 1.71 bits per heavy atom. The topological polar surface area (TPSA) is 12.0 Å². The molecule has 1 atom stereocenters. The molecule has 0 aliphatic heterocycles. The lowest BCUT2D eigenvalue weighted by Gasteiger charge is -2.20. The minimum Gasteiger partial charge on any atom is -0.310 e. The van der Waals surface area contributed by atoms with E-state index in [4.69, 9.17) is 23.2 Å². The lowest BCUT2D eigenvalue weighted by molar-refractivity contribution is 0.539. The number of nitrogens with one attached hydrogen (secondary N) is 1. The molecule has 2 aromatic carbocycles. The van der Waals surface area contributed by atoms with Crippen LogP contribution in [0, 0.1) is 11.6 Å². The van der Waals surface area contributed by atoms with Crippen molar-refractivity contribution in [3.8, 4) is 0 Å². The highest BCUT2D eigenvalue weighted by Crippen LogP contribution is 2.28. The molecular formula is C16H15Cl2F2N. The molecule has 0 heterocycles. The number of benzene rings is 2. The largest absolute Gasteiger partial charge is 0.310 e. The van der Waals surface area contributed by atoms with Crippen LogP contribution in [0.25, 0.3) is 0 Å². The van der Waals surface area contributed by atoms with Crippen molar-refractivity contribution in [2.24, 2.45) is 0 Å². The minimum atomic E-state index is -0.581. The maximum atomic E-state index is 13.3. The Hall–Kier alpha value is -1.16. The van der Waals surface area contributed by atoms with E-state index in [2.05, 4.69) is 5.32 Å². The molecular weight excluding hydrogens is 315 g/mol. The maximum Gasteiger partial charge on any atom is 0.126 e. The van der Waals surface area contributed by atoms with Gasteiger partial charge in [0.15, 0.2) is 0 Å². The molecule has 0 fully saturated rings. The third-order valence-electron chi connectivity index (χ3n) is 3.15. The molecule has 0 saturated heterocycles. The highest BCUT2D eigenvalue weighted by atomic mass is 35.5. The van der Waals surface area contributed by atoms with Crippen LogP contribution in [0.15, 0.2) is 36.4 Å². The van der Waals surface area contributed by atoms with Gasteiger partial charge in [-0.25, -0.2) is 8.78 Å². The average molecular weight is 330 g/mol. The summed E-state index contributed by atoms with van der Waals surface area (Å²) in [4.78, 5) is 0. The predicted octanol–water partition coefficient (Wildman–Crippen LogP) is 5.16. The first-order chi connectivity index (χ1) is 9.99. The van der Waals surface area contributed by atoms with E-state index >= 15 is 0 Å². The van der Waals surface area contributed by atoms with Crippen molar-refractivity contribution >= 4 is 23.2 Å².